The molecule has 0 unspecified atom stereocenters. The highest BCUT2D eigenvalue weighted by Crippen LogP contribution is 2.23. The molecule has 33 heavy (non-hydrogen) atoms. The number of halogens is 3. The molecule has 0 aliphatic carbocycles. The fraction of sp³-hybridized carbons (Fsp3) is 0.333. The molecule has 5 rings (SSSR count). The molecule has 12 heteroatoms. The molecule has 0 radical (unpaired) electrons. The number of nitrogens with zero attached hydrogens (tertiary/aromatic N) is 8. The van der Waals surface area contributed by atoms with Gasteiger partial charge in [-0.25, -0.2) is 9.07 Å². The zero-order valence-corrected chi connectivity index (χ0v) is 17.4. The molecule has 9 nitrogen and oxygen atoms in total. The van der Waals surface area contributed by atoms with E-state index in [4.69, 9.17) is 4.42 Å². The van der Waals surface area contributed by atoms with Crippen molar-refractivity contribution < 1.29 is 17.6 Å². The maximum absolute atomic E-state index is 13.3. The van der Waals surface area contributed by atoms with Crippen LogP contribution in [0.1, 0.15) is 30.1 Å². The van der Waals surface area contributed by atoms with Crippen molar-refractivity contribution in [2.24, 2.45) is 0 Å². The van der Waals surface area contributed by atoms with Gasteiger partial charge in [0.1, 0.15) is 11.9 Å². The predicted molar refractivity (Wildman–Crippen MR) is 110 cm³/mol. The quantitative estimate of drug-likeness (QED) is 0.418. The second-order valence-electron chi connectivity index (χ2n) is 7.75. The standard InChI is InChI=1S/C21H19F3N8O/c22-15-5-6-31(9-15)10-16-3-1-13(7-25-16)18-12-32(30-27-18)11-17-4-2-14(8-26-17)20-28-29-21(33-20)19(23)24/h1-4,7-8,12,15,19H,5-6,9-11H2/t15-/m1/s1. The van der Waals surface area contributed by atoms with Crippen LogP contribution in [-0.2, 0) is 13.1 Å². The van der Waals surface area contributed by atoms with E-state index in [9.17, 15) is 13.2 Å². The lowest BCUT2D eigenvalue weighted by Crippen LogP contribution is -2.20. The van der Waals surface area contributed by atoms with Gasteiger partial charge in [-0.15, -0.1) is 15.3 Å². The molecule has 4 aromatic heterocycles. The van der Waals surface area contributed by atoms with E-state index in [1.54, 1.807) is 29.2 Å². The van der Waals surface area contributed by atoms with Crippen molar-refractivity contribution >= 4 is 0 Å². The summed E-state index contributed by atoms with van der Waals surface area (Å²) >= 11 is 0. The minimum absolute atomic E-state index is 0.0161. The molecule has 0 saturated carbocycles. The molecule has 1 aliphatic heterocycles. The van der Waals surface area contributed by atoms with E-state index in [0.29, 0.717) is 43.0 Å². The van der Waals surface area contributed by atoms with Crippen LogP contribution in [-0.4, -0.2) is 59.3 Å². The molecule has 0 spiro atoms. The maximum atomic E-state index is 13.3. The Morgan fingerprint density at radius 1 is 0.970 bits per heavy atom. The van der Waals surface area contributed by atoms with Gasteiger partial charge < -0.3 is 4.42 Å². The molecule has 1 saturated heterocycles. The van der Waals surface area contributed by atoms with Gasteiger partial charge in [0.05, 0.1) is 29.7 Å². The first-order chi connectivity index (χ1) is 16.0. The third-order valence-corrected chi connectivity index (χ3v) is 5.28. The smallest absolute Gasteiger partial charge is 0.314 e. The lowest BCUT2D eigenvalue weighted by atomic mass is 10.2. The van der Waals surface area contributed by atoms with Gasteiger partial charge in [-0.1, -0.05) is 5.21 Å². The Bertz CT molecular complexity index is 1210. The van der Waals surface area contributed by atoms with E-state index in [1.807, 2.05) is 12.1 Å². The molecule has 0 amide bonds. The highest BCUT2D eigenvalue weighted by molar-refractivity contribution is 5.56. The van der Waals surface area contributed by atoms with E-state index in [1.165, 1.54) is 6.20 Å². The van der Waals surface area contributed by atoms with Gasteiger partial charge in [0.25, 0.3) is 5.89 Å². The van der Waals surface area contributed by atoms with Crippen LogP contribution in [0.2, 0.25) is 0 Å². The Balaban J connectivity index is 1.21. The second kappa shape index (κ2) is 9.06. The van der Waals surface area contributed by atoms with E-state index < -0.39 is 18.5 Å². The lowest BCUT2D eigenvalue weighted by Gasteiger charge is -2.13. The first-order valence-corrected chi connectivity index (χ1v) is 10.3. The van der Waals surface area contributed by atoms with E-state index >= 15 is 0 Å². The Hall–Kier alpha value is -3.67. The highest BCUT2D eigenvalue weighted by atomic mass is 19.3. The molecule has 0 aromatic carbocycles. The zero-order valence-electron chi connectivity index (χ0n) is 17.4. The third kappa shape index (κ3) is 4.90. The van der Waals surface area contributed by atoms with E-state index in [2.05, 4.69) is 35.4 Å². The number of alkyl halides is 3. The number of rotatable bonds is 7. The first kappa shape index (κ1) is 21.2. The molecule has 0 bridgehead atoms. The highest BCUT2D eigenvalue weighted by Gasteiger charge is 2.22. The van der Waals surface area contributed by atoms with Crippen molar-refractivity contribution in [3.8, 4) is 22.7 Å². The Labute approximate surface area is 186 Å². The zero-order chi connectivity index (χ0) is 22.8. The lowest BCUT2D eigenvalue weighted by molar-refractivity contribution is 0.116. The van der Waals surface area contributed by atoms with Crippen molar-refractivity contribution in [2.75, 3.05) is 13.1 Å². The van der Waals surface area contributed by atoms with Crippen molar-refractivity contribution in [3.63, 3.8) is 0 Å². The number of likely N-dealkylation sites (tertiary alicyclic amines) is 1. The van der Waals surface area contributed by atoms with Crippen LogP contribution >= 0.6 is 0 Å². The van der Waals surface area contributed by atoms with Gasteiger partial charge in [0, 0.05) is 37.6 Å². The largest absolute Gasteiger partial charge is 0.415 e. The SMILES string of the molecule is FC(F)c1nnc(-c2ccc(Cn3cc(-c4ccc(CN5CC[C@@H](F)C5)nc4)nn3)nc2)o1. The summed E-state index contributed by atoms with van der Waals surface area (Å²) in [5.74, 6) is -0.742. The molecule has 1 atom stereocenters. The average molecular weight is 456 g/mol. The van der Waals surface area contributed by atoms with Crippen LogP contribution in [0.3, 0.4) is 0 Å². The summed E-state index contributed by atoms with van der Waals surface area (Å²) < 4.78 is 45.1. The number of hydrogen-bond donors (Lipinski definition) is 0. The summed E-state index contributed by atoms with van der Waals surface area (Å²) in [5.41, 5.74) is 3.51. The number of aromatic nitrogens is 7. The average Bonchev–Trinajstić information content (AvgIpc) is 3.57. The van der Waals surface area contributed by atoms with E-state index in [-0.39, 0.29) is 5.89 Å². The maximum Gasteiger partial charge on any atom is 0.314 e. The molecule has 1 aliphatic rings. The number of hydrogen-bond acceptors (Lipinski definition) is 8. The van der Waals surface area contributed by atoms with Crippen molar-refractivity contribution in [1.82, 2.24) is 40.1 Å². The van der Waals surface area contributed by atoms with Gasteiger partial charge in [-0.05, 0) is 30.7 Å². The normalized spacial score (nSPS) is 16.7. The van der Waals surface area contributed by atoms with Gasteiger partial charge >= 0.3 is 6.43 Å². The van der Waals surface area contributed by atoms with Crippen LogP contribution in [0.4, 0.5) is 13.2 Å². The fourth-order valence-electron chi connectivity index (χ4n) is 3.59. The molecule has 170 valence electrons. The second-order valence-corrected chi connectivity index (χ2v) is 7.75. The molecular formula is C21H19F3N8O. The first-order valence-electron chi connectivity index (χ1n) is 10.3. The minimum atomic E-state index is -2.82. The monoisotopic (exact) mass is 456 g/mol. The molecule has 0 N–H and O–H groups in total. The molecular weight excluding hydrogens is 437 g/mol. The molecule has 1 fully saturated rings. The Morgan fingerprint density at radius 3 is 2.36 bits per heavy atom. The summed E-state index contributed by atoms with van der Waals surface area (Å²) in [7, 11) is 0. The minimum Gasteiger partial charge on any atom is -0.415 e. The topological polar surface area (TPSA) is 98.7 Å². The van der Waals surface area contributed by atoms with Gasteiger partial charge in [-0.3, -0.25) is 14.9 Å². The van der Waals surface area contributed by atoms with Crippen LogP contribution in [0.25, 0.3) is 22.7 Å². The molecule has 4 aromatic rings. The van der Waals surface area contributed by atoms with Crippen molar-refractivity contribution in [1.29, 1.82) is 0 Å². The van der Waals surface area contributed by atoms with Crippen LogP contribution in [0, 0.1) is 0 Å². The van der Waals surface area contributed by atoms with Gasteiger partial charge in [-0.2, -0.15) is 8.78 Å². The van der Waals surface area contributed by atoms with Crippen LogP contribution in [0.15, 0.2) is 47.3 Å². The Morgan fingerprint density at radius 2 is 1.73 bits per heavy atom. The van der Waals surface area contributed by atoms with Gasteiger partial charge in [0.15, 0.2) is 0 Å². The predicted octanol–water partition coefficient (Wildman–Crippen LogP) is 3.31. The van der Waals surface area contributed by atoms with E-state index in [0.717, 1.165) is 17.8 Å². The number of pyridine rings is 2. The Kier molecular flexibility index (Phi) is 5.82. The van der Waals surface area contributed by atoms with Crippen LogP contribution < -0.4 is 0 Å². The van der Waals surface area contributed by atoms with Crippen molar-refractivity contribution in [2.45, 2.75) is 32.1 Å². The summed E-state index contributed by atoms with van der Waals surface area (Å²) in [4.78, 5) is 10.8. The summed E-state index contributed by atoms with van der Waals surface area (Å²) in [6.07, 6.45) is 2.01. The fourth-order valence-corrected chi connectivity index (χ4v) is 3.59. The van der Waals surface area contributed by atoms with Crippen LogP contribution in [0.5, 0.6) is 0 Å². The summed E-state index contributed by atoms with van der Waals surface area (Å²) in [6, 6.07) is 7.22. The van der Waals surface area contributed by atoms with Gasteiger partial charge in [0.2, 0.25) is 5.89 Å². The van der Waals surface area contributed by atoms with Crippen molar-refractivity contribution in [3.05, 3.63) is 60.1 Å². The summed E-state index contributed by atoms with van der Waals surface area (Å²) in [6.45, 7) is 2.20. The molecule has 5 heterocycles. The third-order valence-electron chi connectivity index (χ3n) is 5.28. The summed E-state index contributed by atoms with van der Waals surface area (Å²) in [5, 5.41) is 15.2.